The molecule has 2 atom stereocenters. The van der Waals surface area contributed by atoms with Crippen LogP contribution < -0.4 is 5.32 Å². The largest absolute Gasteiger partial charge is 0.314 e. The molecule has 0 aromatic heterocycles. The van der Waals surface area contributed by atoms with Gasteiger partial charge in [0.05, 0.1) is 0 Å². The molecule has 0 heterocycles. The quantitative estimate of drug-likeness (QED) is 0.632. The Kier molecular flexibility index (Phi) is 5.92. The summed E-state index contributed by atoms with van der Waals surface area (Å²) in [7, 11) is 0. The van der Waals surface area contributed by atoms with Crippen molar-refractivity contribution in [2.75, 3.05) is 6.54 Å². The first-order valence-corrected chi connectivity index (χ1v) is 10.8. The van der Waals surface area contributed by atoms with E-state index >= 15 is 0 Å². The first-order valence-electron chi connectivity index (χ1n) is 10.8. The van der Waals surface area contributed by atoms with Gasteiger partial charge in [0.1, 0.15) is 5.82 Å². The number of hydrogen-bond donors (Lipinski definition) is 1. The predicted octanol–water partition coefficient (Wildman–Crippen LogP) is 6.03. The molecule has 0 bridgehead atoms. The van der Waals surface area contributed by atoms with Gasteiger partial charge in [-0.05, 0) is 86.1 Å². The summed E-state index contributed by atoms with van der Waals surface area (Å²) in [6.45, 7) is 1.08. The van der Waals surface area contributed by atoms with Gasteiger partial charge in [0.2, 0.25) is 0 Å². The zero-order valence-corrected chi connectivity index (χ0v) is 16.3. The molecule has 1 N–H and O–H groups in total. The van der Waals surface area contributed by atoms with E-state index in [0.717, 1.165) is 18.5 Å². The summed E-state index contributed by atoms with van der Waals surface area (Å²) in [5.74, 6) is 0.598. The van der Waals surface area contributed by atoms with Crippen LogP contribution in [0.25, 0.3) is 0 Å². The molecule has 2 aliphatic rings. The smallest absolute Gasteiger partial charge is 0.123 e. The summed E-state index contributed by atoms with van der Waals surface area (Å²) >= 11 is 0. The molecule has 0 spiro atoms. The molecular weight excluding hydrogens is 333 g/mol. The Hall–Kier alpha value is -1.67. The van der Waals surface area contributed by atoms with Crippen molar-refractivity contribution >= 4 is 0 Å². The van der Waals surface area contributed by atoms with Gasteiger partial charge in [-0.15, -0.1) is 0 Å². The van der Waals surface area contributed by atoms with Gasteiger partial charge in [-0.25, -0.2) is 4.39 Å². The average molecular weight is 366 g/mol. The number of benzene rings is 2. The van der Waals surface area contributed by atoms with E-state index in [2.05, 4.69) is 35.6 Å². The lowest BCUT2D eigenvalue weighted by molar-refractivity contribution is 0.361. The van der Waals surface area contributed by atoms with Gasteiger partial charge >= 0.3 is 0 Å². The van der Waals surface area contributed by atoms with Gasteiger partial charge < -0.3 is 5.32 Å². The van der Waals surface area contributed by atoms with E-state index in [1.54, 1.807) is 12.1 Å². The SMILES string of the molecule is Fc1ccc(C2(CCNC3CCCC3)CCC(Cc3ccccc3)C2)cc1. The minimum atomic E-state index is -0.128. The topological polar surface area (TPSA) is 12.0 Å². The highest BCUT2D eigenvalue weighted by molar-refractivity contribution is 5.28. The van der Waals surface area contributed by atoms with E-state index in [9.17, 15) is 4.39 Å². The number of hydrogen-bond acceptors (Lipinski definition) is 1. The fourth-order valence-electron chi connectivity index (χ4n) is 5.44. The van der Waals surface area contributed by atoms with Gasteiger partial charge in [0.25, 0.3) is 0 Å². The zero-order chi connectivity index (χ0) is 18.5. The van der Waals surface area contributed by atoms with Crippen LogP contribution in [-0.4, -0.2) is 12.6 Å². The molecule has 2 aliphatic carbocycles. The predicted molar refractivity (Wildman–Crippen MR) is 110 cm³/mol. The second-order valence-corrected chi connectivity index (χ2v) is 8.77. The van der Waals surface area contributed by atoms with Crippen LogP contribution in [0, 0.1) is 11.7 Å². The minimum Gasteiger partial charge on any atom is -0.314 e. The molecule has 27 heavy (non-hydrogen) atoms. The fourth-order valence-corrected chi connectivity index (χ4v) is 5.44. The highest BCUT2D eigenvalue weighted by atomic mass is 19.1. The van der Waals surface area contributed by atoms with E-state index in [-0.39, 0.29) is 11.2 Å². The highest BCUT2D eigenvalue weighted by Gasteiger charge is 2.40. The van der Waals surface area contributed by atoms with E-state index in [0.29, 0.717) is 0 Å². The van der Waals surface area contributed by atoms with Crippen LogP contribution in [0.1, 0.15) is 62.5 Å². The molecule has 2 aromatic rings. The summed E-state index contributed by atoms with van der Waals surface area (Å²) < 4.78 is 13.5. The third-order valence-corrected chi connectivity index (χ3v) is 6.93. The maximum absolute atomic E-state index is 13.5. The molecule has 2 unspecified atom stereocenters. The van der Waals surface area contributed by atoms with Gasteiger partial charge in [0.15, 0.2) is 0 Å². The van der Waals surface area contributed by atoms with Crippen molar-refractivity contribution in [1.82, 2.24) is 5.32 Å². The minimum absolute atomic E-state index is 0.128. The monoisotopic (exact) mass is 365 g/mol. The molecule has 144 valence electrons. The average Bonchev–Trinajstić information content (AvgIpc) is 3.34. The molecule has 2 fully saturated rings. The maximum Gasteiger partial charge on any atom is 0.123 e. The lowest BCUT2D eigenvalue weighted by Gasteiger charge is -2.31. The van der Waals surface area contributed by atoms with Crippen LogP contribution in [0.3, 0.4) is 0 Å². The zero-order valence-electron chi connectivity index (χ0n) is 16.3. The van der Waals surface area contributed by atoms with Crippen molar-refractivity contribution in [3.05, 3.63) is 71.5 Å². The molecular formula is C25H32FN. The van der Waals surface area contributed by atoms with Crippen molar-refractivity contribution in [3.63, 3.8) is 0 Å². The number of rotatable bonds is 7. The molecule has 0 saturated heterocycles. The van der Waals surface area contributed by atoms with Crippen molar-refractivity contribution in [2.24, 2.45) is 5.92 Å². The molecule has 0 amide bonds. The van der Waals surface area contributed by atoms with E-state index in [1.807, 2.05) is 12.1 Å². The van der Waals surface area contributed by atoms with Crippen LogP contribution in [0.2, 0.25) is 0 Å². The van der Waals surface area contributed by atoms with Gasteiger partial charge in [0, 0.05) is 6.04 Å². The van der Waals surface area contributed by atoms with Crippen molar-refractivity contribution in [3.8, 4) is 0 Å². The standard InChI is InChI=1S/C25H32FN/c26-23-12-10-22(11-13-23)25(16-17-27-24-8-4-5-9-24)15-14-21(19-25)18-20-6-2-1-3-7-20/h1-3,6-7,10-13,21,24,27H,4-5,8-9,14-19H2. The molecule has 4 rings (SSSR count). The Morgan fingerprint density at radius 2 is 1.67 bits per heavy atom. The molecule has 0 radical (unpaired) electrons. The molecule has 2 saturated carbocycles. The van der Waals surface area contributed by atoms with Gasteiger partial charge in [-0.2, -0.15) is 0 Å². The Labute approximate surface area is 163 Å². The van der Waals surface area contributed by atoms with Crippen LogP contribution in [0.15, 0.2) is 54.6 Å². The van der Waals surface area contributed by atoms with Crippen molar-refractivity contribution < 1.29 is 4.39 Å². The Morgan fingerprint density at radius 3 is 2.41 bits per heavy atom. The summed E-state index contributed by atoms with van der Waals surface area (Å²) in [6, 6.07) is 19.0. The molecule has 2 aromatic carbocycles. The summed E-state index contributed by atoms with van der Waals surface area (Å²) in [6.07, 6.45) is 11.5. The summed E-state index contributed by atoms with van der Waals surface area (Å²) in [5, 5.41) is 3.80. The Morgan fingerprint density at radius 1 is 0.926 bits per heavy atom. The van der Waals surface area contributed by atoms with Crippen molar-refractivity contribution in [2.45, 2.75) is 69.2 Å². The molecule has 0 aliphatic heterocycles. The third kappa shape index (κ3) is 4.60. The Balaban J connectivity index is 1.45. The normalized spacial score (nSPS) is 25.9. The first kappa shape index (κ1) is 18.7. The van der Waals surface area contributed by atoms with Gasteiger partial charge in [-0.3, -0.25) is 0 Å². The lowest BCUT2D eigenvalue weighted by Crippen LogP contribution is -2.33. The van der Waals surface area contributed by atoms with Crippen LogP contribution >= 0.6 is 0 Å². The first-order chi connectivity index (χ1) is 13.2. The van der Waals surface area contributed by atoms with E-state index in [1.165, 1.54) is 68.9 Å². The summed E-state index contributed by atoms with van der Waals surface area (Å²) in [5.41, 5.74) is 2.99. The maximum atomic E-state index is 13.5. The van der Waals surface area contributed by atoms with Crippen molar-refractivity contribution in [1.29, 1.82) is 0 Å². The number of halogens is 1. The third-order valence-electron chi connectivity index (χ3n) is 6.93. The second-order valence-electron chi connectivity index (χ2n) is 8.77. The second kappa shape index (κ2) is 8.56. The van der Waals surface area contributed by atoms with E-state index < -0.39 is 0 Å². The van der Waals surface area contributed by atoms with Crippen LogP contribution in [0.4, 0.5) is 4.39 Å². The van der Waals surface area contributed by atoms with E-state index in [4.69, 9.17) is 0 Å². The molecule has 1 nitrogen and oxygen atoms in total. The van der Waals surface area contributed by atoms with Crippen LogP contribution in [0.5, 0.6) is 0 Å². The molecule has 2 heteroatoms. The lowest BCUT2D eigenvalue weighted by atomic mass is 9.75. The highest BCUT2D eigenvalue weighted by Crippen LogP contribution is 2.47. The van der Waals surface area contributed by atoms with Crippen LogP contribution in [-0.2, 0) is 11.8 Å². The number of nitrogens with one attached hydrogen (secondary N) is 1. The summed E-state index contributed by atoms with van der Waals surface area (Å²) in [4.78, 5) is 0. The van der Waals surface area contributed by atoms with Gasteiger partial charge in [-0.1, -0.05) is 55.3 Å². The fraction of sp³-hybridized carbons (Fsp3) is 0.520. The Bertz CT molecular complexity index is 705.